The fraction of sp³-hybridized carbons (Fsp3) is 0.250. The molecule has 0 fully saturated rings. The Morgan fingerprint density at radius 1 is 1.43 bits per heavy atom. The molecule has 14 heavy (non-hydrogen) atoms. The van der Waals surface area contributed by atoms with E-state index in [4.69, 9.17) is 23.2 Å². The number of anilines is 1. The zero-order valence-electron chi connectivity index (χ0n) is 7.04. The molecule has 0 N–H and O–H groups in total. The van der Waals surface area contributed by atoms with E-state index < -0.39 is 0 Å². The number of rotatable bonds is 1. The molecule has 0 unspecified atom stereocenters. The van der Waals surface area contributed by atoms with Crippen molar-refractivity contribution in [2.24, 2.45) is 5.10 Å². The molecule has 1 aromatic rings. The van der Waals surface area contributed by atoms with Crippen molar-refractivity contribution in [1.82, 2.24) is 4.98 Å². The molecule has 0 atom stereocenters. The molecule has 1 aliphatic rings. The van der Waals surface area contributed by atoms with E-state index in [1.165, 1.54) is 0 Å². The van der Waals surface area contributed by atoms with Gasteiger partial charge in [-0.1, -0.05) is 23.2 Å². The number of hydrogen-bond acceptors (Lipinski definition) is 3. The summed E-state index contributed by atoms with van der Waals surface area (Å²) in [6.45, 7) is 0.787. The lowest BCUT2D eigenvalue weighted by atomic mass is 10.4. The molecule has 0 spiro atoms. The van der Waals surface area contributed by atoms with Crippen LogP contribution in [0.25, 0.3) is 0 Å². The first-order valence-electron chi connectivity index (χ1n) is 3.98. The monoisotopic (exact) mass is 293 g/mol. The lowest BCUT2D eigenvalue weighted by Gasteiger charge is -2.13. The molecular weight excluding hydrogens is 289 g/mol. The van der Waals surface area contributed by atoms with Crippen molar-refractivity contribution in [3.63, 3.8) is 0 Å². The standard InChI is InChI=1S/C8H6BrCl2N3/c9-7-1-2-14(13-7)8-6(11)3-5(10)4-12-8/h3-4H,1-2H2. The number of hydrazone groups is 1. The van der Waals surface area contributed by atoms with Crippen molar-refractivity contribution in [3.8, 4) is 0 Å². The van der Waals surface area contributed by atoms with Crippen LogP contribution < -0.4 is 5.01 Å². The van der Waals surface area contributed by atoms with E-state index in [0.717, 1.165) is 17.6 Å². The summed E-state index contributed by atoms with van der Waals surface area (Å²) in [6, 6.07) is 1.66. The number of aromatic nitrogens is 1. The third-order valence-electron chi connectivity index (χ3n) is 1.79. The van der Waals surface area contributed by atoms with Gasteiger partial charge in [0, 0.05) is 19.2 Å². The van der Waals surface area contributed by atoms with Crippen molar-refractivity contribution in [3.05, 3.63) is 22.3 Å². The molecule has 3 nitrogen and oxygen atoms in total. The molecule has 0 amide bonds. The van der Waals surface area contributed by atoms with E-state index in [1.54, 1.807) is 17.3 Å². The molecule has 1 aliphatic heterocycles. The minimum absolute atomic E-state index is 0.517. The van der Waals surface area contributed by atoms with Gasteiger partial charge in [-0.2, -0.15) is 5.10 Å². The zero-order valence-corrected chi connectivity index (χ0v) is 10.1. The van der Waals surface area contributed by atoms with Crippen molar-refractivity contribution < 1.29 is 0 Å². The lowest BCUT2D eigenvalue weighted by Crippen LogP contribution is -2.13. The van der Waals surface area contributed by atoms with E-state index in [0.29, 0.717) is 15.9 Å². The smallest absolute Gasteiger partial charge is 0.167 e. The zero-order chi connectivity index (χ0) is 10.1. The summed E-state index contributed by atoms with van der Waals surface area (Å²) in [5.74, 6) is 0.644. The largest absolute Gasteiger partial charge is 0.245 e. The minimum atomic E-state index is 0.517. The number of hydrogen-bond donors (Lipinski definition) is 0. The molecule has 74 valence electrons. The van der Waals surface area contributed by atoms with Gasteiger partial charge in [0.05, 0.1) is 10.0 Å². The van der Waals surface area contributed by atoms with Gasteiger partial charge >= 0.3 is 0 Å². The summed E-state index contributed by atoms with van der Waals surface area (Å²) < 4.78 is 0.908. The van der Waals surface area contributed by atoms with E-state index in [9.17, 15) is 0 Å². The molecule has 0 bridgehead atoms. The molecule has 2 rings (SSSR count). The Kier molecular flexibility index (Phi) is 2.95. The fourth-order valence-corrected chi connectivity index (χ4v) is 2.03. The molecule has 0 radical (unpaired) electrons. The van der Waals surface area contributed by atoms with E-state index in [2.05, 4.69) is 26.0 Å². The summed E-state index contributed by atoms with van der Waals surface area (Å²) in [6.07, 6.45) is 2.44. The molecule has 2 heterocycles. The van der Waals surface area contributed by atoms with Gasteiger partial charge in [0.1, 0.15) is 4.62 Å². The van der Waals surface area contributed by atoms with Crippen molar-refractivity contribution in [1.29, 1.82) is 0 Å². The summed E-state index contributed by atoms with van der Waals surface area (Å²) in [5, 5.41) is 7.02. The van der Waals surface area contributed by atoms with Crippen LogP contribution in [0.5, 0.6) is 0 Å². The minimum Gasteiger partial charge on any atom is -0.245 e. The first-order chi connectivity index (χ1) is 6.66. The highest BCUT2D eigenvalue weighted by Gasteiger charge is 2.17. The van der Waals surface area contributed by atoms with Crippen LogP contribution in [0.3, 0.4) is 0 Å². The summed E-state index contributed by atoms with van der Waals surface area (Å²) >= 11 is 15.1. The topological polar surface area (TPSA) is 28.5 Å². The maximum Gasteiger partial charge on any atom is 0.167 e. The van der Waals surface area contributed by atoms with Crippen molar-refractivity contribution in [2.45, 2.75) is 6.42 Å². The van der Waals surface area contributed by atoms with E-state index >= 15 is 0 Å². The second-order valence-electron chi connectivity index (χ2n) is 2.81. The van der Waals surface area contributed by atoms with Gasteiger partial charge in [-0.25, -0.2) is 9.99 Å². The highest BCUT2D eigenvalue weighted by atomic mass is 79.9. The molecular formula is C8H6BrCl2N3. The van der Waals surface area contributed by atoms with Crippen LogP contribution in [0.4, 0.5) is 5.82 Å². The molecule has 6 heteroatoms. The van der Waals surface area contributed by atoms with Gasteiger partial charge in [-0.15, -0.1) is 0 Å². The van der Waals surface area contributed by atoms with Gasteiger partial charge < -0.3 is 0 Å². The first kappa shape index (κ1) is 10.2. The van der Waals surface area contributed by atoms with Gasteiger partial charge in [-0.3, -0.25) is 0 Å². The number of halogens is 3. The maximum absolute atomic E-state index is 5.98. The molecule has 0 saturated heterocycles. The highest BCUT2D eigenvalue weighted by molar-refractivity contribution is 9.18. The van der Waals surface area contributed by atoms with Crippen LogP contribution in [-0.2, 0) is 0 Å². The van der Waals surface area contributed by atoms with Gasteiger partial charge in [0.25, 0.3) is 0 Å². The Morgan fingerprint density at radius 2 is 2.21 bits per heavy atom. The van der Waals surface area contributed by atoms with Crippen molar-refractivity contribution in [2.75, 3.05) is 11.6 Å². The van der Waals surface area contributed by atoms with Gasteiger partial charge in [0.2, 0.25) is 0 Å². The third-order valence-corrected chi connectivity index (χ3v) is 2.83. The SMILES string of the molecule is Clc1cnc(N2CCC(Br)=N2)c(Cl)c1. The van der Waals surface area contributed by atoms with Crippen LogP contribution in [0, 0.1) is 0 Å². The molecule has 0 aliphatic carbocycles. The molecule has 0 saturated carbocycles. The second-order valence-corrected chi connectivity index (χ2v) is 4.57. The molecule has 1 aromatic heterocycles. The predicted octanol–water partition coefficient (Wildman–Crippen LogP) is 3.31. The number of nitrogens with zero attached hydrogens (tertiary/aromatic N) is 3. The normalized spacial score (nSPS) is 15.9. The Hall–Kier alpha value is -0.320. The fourth-order valence-electron chi connectivity index (χ4n) is 1.18. The summed E-state index contributed by atoms with van der Waals surface area (Å²) in [4.78, 5) is 4.13. The Labute approximate surface area is 99.8 Å². The van der Waals surface area contributed by atoms with Gasteiger partial charge in [-0.05, 0) is 22.0 Å². The van der Waals surface area contributed by atoms with Gasteiger partial charge in [0.15, 0.2) is 5.82 Å². The average Bonchev–Trinajstić information content (AvgIpc) is 2.51. The summed E-state index contributed by atoms with van der Waals surface area (Å²) in [5.41, 5.74) is 0. The van der Waals surface area contributed by atoms with Crippen LogP contribution in [0.2, 0.25) is 10.0 Å². The lowest BCUT2D eigenvalue weighted by molar-refractivity contribution is 0.896. The van der Waals surface area contributed by atoms with Crippen LogP contribution >= 0.6 is 39.1 Å². The van der Waals surface area contributed by atoms with Crippen LogP contribution in [0.15, 0.2) is 17.4 Å². The Balaban J connectivity index is 2.33. The maximum atomic E-state index is 5.98. The first-order valence-corrected chi connectivity index (χ1v) is 5.53. The third kappa shape index (κ3) is 2.02. The summed E-state index contributed by atoms with van der Waals surface area (Å²) in [7, 11) is 0. The Morgan fingerprint density at radius 3 is 2.79 bits per heavy atom. The average molecular weight is 295 g/mol. The van der Waals surface area contributed by atoms with E-state index in [-0.39, 0.29) is 0 Å². The second kappa shape index (κ2) is 4.04. The molecule has 0 aromatic carbocycles. The van der Waals surface area contributed by atoms with Crippen LogP contribution in [0.1, 0.15) is 6.42 Å². The quantitative estimate of drug-likeness (QED) is 0.795. The van der Waals surface area contributed by atoms with Crippen LogP contribution in [-0.4, -0.2) is 16.1 Å². The van der Waals surface area contributed by atoms with E-state index in [1.807, 2.05) is 0 Å². The number of pyridine rings is 1. The predicted molar refractivity (Wildman–Crippen MR) is 62.6 cm³/mol. The Bertz CT molecular complexity index is 394. The highest BCUT2D eigenvalue weighted by Crippen LogP contribution is 2.28. The van der Waals surface area contributed by atoms with Crippen molar-refractivity contribution >= 4 is 49.6 Å².